The number of esters is 3. The molecule has 1 fully saturated rings. The minimum Gasteiger partial charge on any atom is -0.463 e. The molecule has 0 radical (unpaired) electrons. The zero-order valence-corrected chi connectivity index (χ0v) is 20.6. The lowest BCUT2D eigenvalue weighted by atomic mass is 9.87. The minimum absolute atomic E-state index is 0.0641. The molecule has 10 heteroatoms. The minimum atomic E-state index is -1.17. The van der Waals surface area contributed by atoms with Gasteiger partial charge in [-0.2, -0.15) is 0 Å². The maximum atomic E-state index is 12.0. The summed E-state index contributed by atoms with van der Waals surface area (Å²) in [5.41, 5.74) is 1.02. The van der Waals surface area contributed by atoms with Gasteiger partial charge in [-0.25, -0.2) is 0 Å². The van der Waals surface area contributed by atoms with Crippen LogP contribution in [0.3, 0.4) is 0 Å². The van der Waals surface area contributed by atoms with Crippen LogP contribution in [0.1, 0.15) is 54.0 Å². The molecule has 1 aliphatic heterocycles. The molecule has 0 aliphatic carbocycles. The number of ether oxygens (including phenoxy) is 5. The first-order chi connectivity index (χ1) is 15.8. The summed E-state index contributed by atoms with van der Waals surface area (Å²) in [6.07, 6.45) is -4.51. The molecule has 0 unspecified atom stereocenters. The smallest absolute Gasteiger partial charge is 0.303 e. The highest BCUT2D eigenvalue weighted by Gasteiger charge is 2.51. The Morgan fingerprint density at radius 3 is 1.91 bits per heavy atom. The Balaban J connectivity index is 2.43. The average Bonchev–Trinajstić information content (AvgIpc) is 2.69. The predicted octanol–water partition coefficient (Wildman–Crippen LogP) is 2.02. The van der Waals surface area contributed by atoms with Gasteiger partial charge in [0, 0.05) is 27.7 Å². The van der Waals surface area contributed by atoms with Crippen molar-refractivity contribution in [3.8, 4) is 5.75 Å². The fourth-order valence-corrected chi connectivity index (χ4v) is 3.56. The van der Waals surface area contributed by atoms with Crippen molar-refractivity contribution < 1.29 is 42.9 Å². The average molecular weight is 480 g/mol. The fourth-order valence-electron chi connectivity index (χ4n) is 3.56. The van der Waals surface area contributed by atoms with Gasteiger partial charge >= 0.3 is 17.9 Å². The van der Waals surface area contributed by atoms with Gasteiger partial charge in [0.05, 0.1) is 0 Å². The molecule has 0 bridgehead atoms. The SMILES string of the molecule is CC(=O)N[C@@H]1[C@H](Oc2ccc(C(C)(C)C)cc2)O[C@H](COC(C)=O)[C@H](OC(C)=O)[C@H]1OC(C)=O. The standard InChI is InChI=1S/C24H33NO9/c1-13(26)25-20-22(32-16(4)29)21(31-15(3)28)19(12-30-14(2)27)34-23(20)33-18-10-8-17(9-11-18)24(5,6)7/h8-11,19-23H,12H2,1-7H3,(H,25,26)/t19-,20+,21+,22+,23-/m1/s1. The van der Waals surface area contributed by atoms with E-state index in [2.05, 4.69) is 26.1 Å². The van der Waals surface area contributed by atoms with E-state index in [9.17, 15) is 19.2 Å². The van der Waals surface area contributed by atoms with E-state index in [1.807, 2.05) is 12.1 Å². The van der Waals surface area contributed by atoms with Gasteiger partial charge in [0.25, 0.3) is 0 Å². The van der Waals surface area contributed by atoms with Crippen molar-refractivity contribution in [2.24, 2.45) is 0 Å². The monoisotopic (exact) mass is 479 g/mol. The molecular weight excluding hydrogens is 446 g/mol. The topological polar surface area (TPSA) is 126 Å². The van der Waals surface area contributed by atoms with Gasteiger partial charge in [-0.1, -0.05) is 32.9 Å². The fraction of sp³-hybridized carbons (Fsp3) is 0.583. The lowest BCUT2D eigenvalue weighted by Gasteiger charge is -2.44. The van der Waals surface area contributed by atoms with E-state index >= 15 is 0 Å². The second-order valence-corrected chi connectivity index (χ2v) is 9.11. The van der Waals surface area contributed by atoms with Crippen molar-refractivity contribution >= 4 is 23.8 Å². The van der Waals surface area contributed by atoms with Crippen LogP contribution in [0.2, 0.25) is 0 Å². The molecule has 0 spiro atoms. The van der Waals surface area contributed by atoms with Crippen molar-refractivity contribution in [3.63, 3.8) is 0 Å². The Bertz CT molecular complexity index is 891. The number of hydrogen-bond donors (Lipinski definition) is 1. The largest absolute Gasteiger partial charge is 0.463 e. The summed E-state index contributed by atoms with van der Waals surface area (Å²) in [6, 6.07) is 6.31. The predicted molar refractivity (Wildman–Crippen MR) is 120 cm³/mol. The van der Waals surface area contributed by atoms with Crippen LogP contribution in [0.25, 0.3) is 0 Å². The van der Waals surface area contributed by atoms with Crippen molar-refractivity contribution in [1.29, 1.82) is 0 Å². The maximum Gasteiger partial charge on any atom is 0.303 e. The molecule has 34 heavy (non-hydrogen) atoms. The Hall–Kier alpha value is -3.14. The molecule has 5 atom stereocenters. The summed E-state index contributed by atoms with van der Waals surface area (Å²) in [5.74, 6) is -1.92. The first-order valence-electron chi connectivity index (χ1n) is 11.0. The van der Waals surface area contributed by atoms with Gasteiger partial charge in [0.2, 0.25) is 12.2 Å². The first-order valence-corrected chi connectivity index (χ1v) is 11.0. The highest BCUT2D eigenvalue weighted by atomic mass is 16.7. The first kappa shape index (κ1) is 27.1. The Morgan fingerprint density at radius 2 is 1.44 bits per heavy atom. The van der Waals surface area contributed by atoms with Crippen molar-refractivity contribution in [3.05, 3.63) is 29.8 Å². The van der Waals surface area contributed by atoms with Crippen molar-refractivity contribution in [2.45, 2.75) is 84.5 Å². The lowest BCUT2D eigenvalue weighted by molar-refractivity contribution is -0.257. The summed E-state index contributed by atoms with van der Waals surface area (Å²) in [5, 5.41) is 2.67. The van der Waals surface area contributed by atoms with Crippen LogP contribution in [-0.4, -0.2) is 61.1 Å². The molecule has 2 rings (SSSR count). The normalized spacial score (nSPS) is 24.5. The summed E-state index contributed by atoms with van der Waals surface area (Å²) in [4.78, 5) is 47.1. The van der Waals surface area contributed by atoms with Gasteiger partial charge in [0.1, 0.15) is 24.5 Å². The Kier molecular flexibility index (Phi) is 9.03. The number of hydrogen-bond acceptors (Lipinski definition) is 9. The van der Waals surface area contributed by atoms with Gasteiger partial charge in [-0.15, -0.1) is 0 Å². The Morgan fingerprint density at radius 1 is 0.882 bits per heavy atom. The van der Waals surface area contributed by atoms with Crippen LogP contribution in [0, 0.1) is 0 Å². The van der Waals surface area contributed by atoms with Crippen LogP contribution in [-0.2, 0) is 43.5 Å². The summed E-state index contributed by atoms with van der Waals surface area (Å²) in [6.45, 7) is 10.8. The highest BCUT2D eigenvalue weighted by Crippen LogP contribution is 2.30. The van der Waals surface area contributed by atoms with Crippen LogP contribution < -0.4 is 10.1 Å². The van der Waals surface area contributed by atoms with Gasteiger partial charge in [0.15, 0.2) is 12.2 Å². The molecule has 1 aliphatic rings. The second kappa shape index (κ2) is 11.3. The number of amides is 1. The number of rotatable bonds is 7. The van der Waals surface area contributed by atoms with E-state index in [1.54, 1.807) is 12.1 Å². The zero-order valence-electron chi connectivity index (χ0n) is 20.6. The molecule has 1 aromatic carbocycles. The van der Waals surface area contributed by atoms with Gasteiger partial charge < -0.3 is 29.0 Å². The van der Waals surface area contributed by atoms with Crippen LogP contribution in [0.15, 0.2) is 24.3 Å². The van der Waals surface area contributed by atoms with E-state index in [-0.39, 0.29) is 12.0 Å². The molecule has 1 N–H and O–H groups in total. The maximum absolute atomic E-state index is 12.0. The summed E-state index contributed by atoms with van der Waals surface area (Å²) >= 11 is 0. The van der Waals surface area contributed by atoms with Crippen molar-refractivity contribution in [2.75, 3.05) is 6.61 Å². The molecule has 188 valence electrons. The van der Waals surface area contributed by atoms with Crippen LogP contribution in [0.5, 0.6) is 5.75 Å². The third kappa shape index (κ3) is 7.72. The molecular formula is C24H33NO9. The summed E-state index contributed by atoms with van der Waals surface area (Å²) in [7, 11) is 0. The molecule has 1 heterocycles. The van der Waals surface area contributed by atoms with Crippen molar-refractivity contribution in [1.82, 2.24) is 5.32 Å². The van der Waals surface area contributed by atoms with E-state index in [0.717, 1.165) is 5.56 Å². The van der Waals surface area contributed by atoms with E-state index < -0.39 is 54.5 Å². The second-order valence-electron chi connectivity index (χ2n) is 9.11. The summed E-state index contributed by atoms with van der Waals surface area (Å²) < 4.78 is 27.9. The van der Waals surface area contributed by atoms with Gasteiger partial charge in [-0.3, -0.25) is 19.2 Å². The van der Waals surface area contributed by atoms with E-state index in [1.165, 1.54) is 27.7 Å². The molecule has 1 saturated heterocycles. The zero-order chi connectivity index (χ0) is 25.6. The Labute approximate surface area is 199 Å². The van der Waals surface area contributed by atoms with Crippen LogP contribution in [0.4, 0.5) is 0 Å². The van der Waals surface area contributed by atoms with Crippen LogP contribution >= 0.6 is 0 Å². The molecule has 1 aromatic rings. The molecule has 10 nitrogen and oxygen atoms in total. The number of carbonyl (C=O) groups excluding carboxylic acids is 4. The molecule has 0 aromatic heterocycles. The lowest BCUT2D eigenvalue weighted by Crippen LogP contribution is -2.67. The third-order valence-electron chi connectivity index (χ3n) is 5.04. The van der Waals surface area contributed by atoms with E-state index in [0.29, 0.717) is 5.75 Å². The number of benzene rings is 1. The van der Waals surface area contributed by atoms with E-state index in [4.69, 9.17) is 23.7 Å². The molecule has 1 amide bonds. The highest BCUT2D eigenvalue weighted by molar-refractivity contribution is 5.73. The van der Waals surface area contributed by atoms with Gasteiger partial charge in [-0.05, 0) is 23.1 Å². The number of carbonyl (C=O) groups is 4. The molecule has 0 saturated carbocycles. The number of nitrogens with one attached hydrogen (secondary N) is 1. The third-order valence-corrected chi connectivity index (χ3v) is 5.04. The quantitative estimate of drug-likeness (QED) is 0.462.